The fourth-order valence-corrected chi connectivity index (χ4v) is 1.48. The minimum absolute atomic E-state index is 0.0472. The second-order valence-electron chi connectivity index (χ2n) is 3.00. The Kier molecular flexibility index (Phi) is 2.29. The van der Waals surface area contributed by atoms with Crippen LogP contribution in [0, 0.1) is 0 Å². The molecule has 13 heavy (non-hydrogen) atoms. The topological polar surface area (TPSA) is 47.3 Å². The van der Waals surface area contributed by atoms with Gasteiger partial charge in [0.2, 0.25) is 0 Å². The second-order valence-corrected chi connectivity index (χ2v) is 3.43. The summed E-state index contributed by atoms with van der Waals surface area (Å²) in [7, 11) is 0. The molecule has 3 nitrogen and oxygen atoms in total. The van der Waals surface area contributed by atoms with Crippen molar-refractivity contribution >= 4 is 17.3 Å². The normalized spacial score (nSPS) is 20.0. The number of hydrogen-bond acceptors (Lipinski definition) is 3. The van der Waals surface area contributed by atoms with Crippen LogP contribution in [0.5, 0.6) is 5.75 Å². The lowest BCUT2D eigenvalue weighted by Gasteiger charge is -2.26. The summed E-state index contributed by atoms with van der Waals surface area (Å²) in [6.45, 7) is 1.27. The summed E-state index contributed by atoms with van der Waals surface area (Å²) >= 11 is 5.83. The quantitative estimate of drug-likeness (QED) is 0.719. The van der Waals surface area contributed by atoms with E-state index in [9.17, 15) is 0 Å². The van der Waals surface area contributed by atoms with Gasteiger partial charge in [-0.05, 0) is 12.1 Å². The first-order valence-electron chi connectivity index (χ1n) is 4.20. The van der Waals surface area contributed by atoms with Gasteiger partial charge < -0.3 is 15.8 Å². The average Bonchev–Trinajstić information content (AvgIpc) is 2.16. The van der Waals surface area contributed by atoms with Gasteiger partial charge in [-0.1, -0.05) is 11.6 Å². The first-order valence-corrected chi connectivity index (χ1v) is 4.57. The zero-order valence-corrected chi connectivity index (χ0v) is 7.84. The maximum Gasteiger partial charge on any atom is 0.144 e. The standard InChI is InChI=1S/C9H11ClN2O/c10-6-1-2-8-9(3-6)13-7(4-11)5-12-8/h1-3,7,12H,4-5,11H2. The molecular formula is C9H11ClN2O. The molecule has 0 radical (unpaired) electrons. The van der Waals surface area contributed by atoms with Crippen molar-refractivity contribution in [3.05, 3.63) is 23.2 Å². The first-order chi connectivity index (χ1) is 6.29. The second kappa shape index (κ2) is 3.44. The third kappa shape index (κ3) is 1.71. The lowest BCUT2D eigenvalue weighted by molar-refractivity contribution is 0.214. The van der Waals surface area contributed by atoms with Crippen molar-refractivity contribution in [1.82, 2.24) is 0 Å². The Hall–Kier alpha value is -0.930. The van der Waals surface area contributed by atoms with Crippen LogP contribution in [0.1, 0.15) is 0 Å². The maximum absolute atomic E-state index is 5.83. The lowest BCUT2D eigenvalue weighted by atomic mass is 10.2. The molecule has 1 heterocycles. The van der Waals surface area contributed by atoms with E-state index < -0.39 is 0 Å². The molecule has 0 fully saturated rings. The van der Waals surface area contributed by atoms with Gasteiger partial charge in [-0.15, -0.1) is 0 Å². The Morgan fingerprint density at radius 1 is 1.62 bits per heavy atom. The molecule has 0 spiro atoms. The molecule has 0 saturated carbocycles. The molecule has 4 heteroatoms. The van der Waals surface area contributed by atoms with Crippen LogP contribution >= 0.6 is 11.6 Å². The Morgan fingerprint density at radius 2 is 2.46 bits per heavy atom. The van der Waals surface area contributed by atoms with Crippen molar-refractivity contribution in [2.45, 2.75) is 6.10 Å². The van der Waals surface area contributed by atoms with E-state index in [1.165, 1.54) is 0 Å². The summed E-state index contributed by atoms with van der Waals surface area (Å²) in [4.78, 5) is 0. The lowest BCUT2D eigenvalue weighted by Crippen LogP contribution is -2.36. The molecule has 0 saturated heterocycles. The molecule has 2 rings (SSSR count). The molecule has 1 atom stereocenters. The predicted octanol–water partition coefficient (Wildman–Crippen LogP) is 1.47. The van der Waals surface area contributed by atoms with Gasteiger partial charge in [-0.2, -0.15) is 0 Å². The van der Waals surface area contributed by atoms with Crippen molar-refractivity contribution in [2.75, 3.05) is 18.4 Å². The van der Waals surface area contributed by atoms with E-state index >= 15 is 0 Å². The number of benzene rings is 1. The van der Waals surface area contributed by atoms with E-state index in [2.05, 4.69) is 5.32 Å². The van der Waals surface area contributed by atoms with Crippen LogP contribution in [-0.4, -0.2) is 19.2 Å². The van der Waals surface area contributed by atoms with Crippen molar-refractivity contribution in [2.24, 2.45) is 5.73 Å². The van der Waals surface area contributed by atoms with Crippen molar-refractivity contribution < 1.29 is 4.74 Å². The van der Waals surface area contributed by atoms with E-state index in [0.29, 0.717) is 11.6 Å². The Labute approximate surface area is 81.8 Å². The van der Waals surface area contributed by atoms with Crippen molar-refractivity contribution in [3.8, 4) is 5.75 Å². The monoisotopic (exact) mass is 198 g/mol. The Balaban J connectivity index is 2.27. The Morgan fingerprint density at radius 3 is 3.23 bits per heavy atom. The number of fused-ring (bicyclic) bond motifs is 1. The maximum atomic E-state index is 5.83. The number of halogens is 1. The number of rotatable bonds is 1. The van der Waals surface area contributed by atoms with Gasteiger partial charge in [0.15, 0.2) is 0 Å². The molecule has 1 aromatic carbocycles. The Bertz CT molecular complexity index is 316. The van der Waals surface area contributed by atoms with E-state index in [1.54, 1.807) is 6.07 Å². The highest BCUT2D eigenvalue weighted by Gasteiger charge is 2.17. The number of hydrogen-bond donors (Lipinski definition) is 2. The fraction of sp³-hybridized carbons (Fsp3) is 0.333. The van der Waals surface area contributed by atoms with Crippen LogP contribution in [0.3, 0.4) is 0 Å². The first kappa shape index (κ1) is 8.66. The highest BCUT2D eigenvalue weighted by molar-refractivity contribution is 6.30. The van der Waals surface area contributed by atoms with E-state index in [0.717, 1.165) is 18.0 Å². The van der Waals surface area contributed by atoms with Gasteiger partial charge in [0.05, 0.1) is 12.2 Å². The highest BCUT2D eigenvalue weighted by atomic mass is 35.5. The smallest absolute Gasteiger partial charge is 0.144 e. The molecule has 1 aliphatic heterocycles. The molecule has 1 unspecified atom stereocenters. The van der Waals surface area contributed by atoms with Crippen LogP contribution in [0.4, 0.5) is 5.69 Å². The molecule has 0 amide bonds. The predicted molar refractivity (Wildman–Crippen MR) is 53.4 cm³/mol. The number of nitrogens with two attached hydrogens (primary N) is 1. The zero-order chi connectivity index (χ0) is 9.26. The van der Waals surface area contributed by atoms with Gasteiger partial charge >= 0.3 is 0 Å². The molecule has 0 aliphatic carbocycles. The zero-order valence-electron chi connectivity index (χ0n) is 7.09. The highest BCUT2D eigenvalue weighted by Crippen LogP contribution is 2.31. The summed E-state index contributed by atoms with van der Waals surface area (Å²) in [5.74, 6) is 0.786. The van der Waals surface area contributed by atoms with Crippen LogP contribution in [0.25, 0.3) is 0 Å². The van der Waals surface area contributed by atoms with Crippen LogP contribution < -0.4 is 15.8 Å². The van der Waals surface area contributed by atoms with Crippen LogP contribution in [0.15, 0.2) is 18.2 Å². The van der Waals surface area contributed by atoms with Crippen LogP contribution in [-0.2, 0) is 0 Å². The molecule has 0 aromatic heterocycles. The fourth-order valence-electron chi connectivity index (χ4n) is 1.32. The summed E-state index contributed by atoms with van der Waals surface area (Å²) in [6, 6.07) is 5.54. The van der Waals surface area contributed by atoms with Gasteiger partial charge in [-0.3, -0.25) is 0 Å². The third-order valence-corrected chi connectivity index (χ3v) is 2.26. The van der Waals surface area contributed by atoms with Gasteiger partial charge in [-0.25, -0.2) is 0 Å². The van der Waals surface area contributed by atoms with E-state index in [1.807, 2.05) is 12.1 Å². The van der Waals surface area contributed by atoms with Gasteiger partial charge in [0.1, 0.15) is 11.9 Å². The molecule has 3 N–H and O–H groups in total. The minimum Gasteiger partial charge on any atom is -0.485 e. The number of ether oxygens (including phenoxy) is 1. The third-order valence-electron chi connectivity index (χ3n) is 2.02. The molecule has 1 aromatic rings. The summed E-state index contributed by atoms with van der Waals surface area (Å²) in [6.07, 6.45) is 0.0472. The SMILES string of the molecule is NCC1CNc2ccc(Cl)cc2O1. The summed E-state index contributed by atoms with van der Waals surface area (Å²) < 4.78 is 5.59. The molecule has 1 aliphatic rings. The largest absolute Gasteiger partial charge is 0.485 e. The molecule has 70 valence electrons. The molecule has 0 bridgehead atoms. The average molecular weight is 199 g/mol. The van der Waals surface area contributed by atoms with Gasteiger partial charge in [0, 0.05) is 17.6 Å². The van der Waals surface area contributed by atoms with E-state index in [-0.39, 0.29) is 6.10 Å². The number of nitrogens with one attached hydrogen (secondary N) is 1. The minimum atomic E-state index is 0.0472. The summed E-state index contributed by atoms with van der Waals surface area (Å²) in [5.41, 5.74) is 6.48. The van der Waals surface area contributed by atoms with Crippen LogP contribution in [0.2, 0.25) is 5.02 Å². The van der Waals surface area contributed by atoms with Gasteiger partial charge in [0.25, 0.3) is 0 Å². The van der Waals surface area contributed by atoms with Crippen molar-refractivity contribution in [3.63, 3.8) is 0 Å². The molecular weight excluding hydrogens is 188 g/mol. The van der Waals surface area contributed by atoms with Crippen molar-refractivity contribution in [1.29, 1.82) is 0 Å². The summed E-state index contributed by atoms with van der Waals surface area (Å²) in [5, 5.41) is 3.91. The van der Waals surface area contributed by atoms with E-state index in [4.69, 9.17) is 22.1 Å². The number of anilines is 1.